The summed E-state index contributed by atoms with van der Waals surface area (Å²) < 4.78 is 39.5. The Balaban J connectivity index is 2.40. The zero-order valence-corrected chi connectivity index (χ0v) is 12.2. The van der Waals surface area contributed by atoms with E-state index in [9.17, 15) is 13.2 Å². The van der Waals surface area contributed by atoms with E-state index in [2.05, 4.69) is 20.9 Å². The summed E-state index contributed by atoms with van der Waals surface area (Å²) in [5.74, 6) is 0.920. The van der Waals surface area contributed by atoms with Crippen molar-refractivity contribution in [2.75, 3.05) is 5.88 Å². The van der Waals surface area contributed by atoms with Crippen molar-refractivity contribution in [1.82, 2.24) is 9.55 Å². The number of benzene rings is 1. The zero-order valence-electron chi connectivity index (χ0n) is 9.84. The topological polar surface area (TPSA) is 17.8 Å². The van der Waals surface area contributed by atoms with Gasteiger partial charge in [0.15, 0.2) is 0 Å². The number of hydrogen-bond donors (Lipinski definition) is 0. The number of aryl methyl sites for hydroxylation is 2. The first-order chi connectivity index (χ1) is 8.90. The third-order valence-corrected chi connectivity index (χ3v) is 3.41. The van der Waals surface area contributed by atoms with Gasteiger partial charge in [-0.25, -0.2) is 4.98 Å². The minimum atomic E-state index is -4.18. The van der Waals surface area contributed by atoms with Crippen LogP contribution in [-0.4, -0.2) is 21.6 Å². The maximum Gasteiger partial charge on any atom is 0.390 e. The van der Waals surface area contributed by atoms with Crippen LogP contribution in [0, 0.1) is 0 Å². The highest BCUT2D eigenvalue weighted by Crippen LogP contribution is 2.25. The summed E-state index contributed by atoms with van der Waals surface area (Å²) in [6, 6.07) is 5.34. The van der Waals surface area contributed by atoms with Gasteiger partial charge in [-0.3, -0.25) is 0 Å². The van der Waals surface area contributed by atoms with Crippen LogP contribution >= 0.6 is 27.5 Å². The fourth-order valence-corrected chi connectivity index (χ4v) is 2.43. The molecule has 7 heteroatoms. The van der Waals surface area contributed by atoms with Gasteiger partial charge in [-0.15, -0.1) is 11.6 Å². The number of halogens is 5. The molecule has 0 unspecified atom stereocenters. The third kappa shape index (κ3) is 3.63. The van der Waals surface area contributed by atoms with E-state index in [-0.39, 0.29) is 6.54 Å². The van der Waals surface area contributed by atoms with E-state index in [4.69, 9.17) is 11.6 Å². The maximum atomic E-state index is 12.4. The lowest BCUT2D eigenvalue weighted by atomic mass is 10.3. The molecule has 0 N–H and O–H groups in total. The van der Waals surface area contributed by atoms with Crippen LogP contribution in [0.1, 0.15) is 12.2 Å². The predicted molar refractivity (Wildman–Crippen MR) is 72.5 cm³/mol. The molecule has 104 valence electrons. The first kappa shape index (κ1) is 14.7. The van der Waals surface area contributed by atoms with Gasteiger partial charge in [-0.05, 0) is 18.2 Å². The molecule has 0 spiro atoms. The molecule has 0 aliphatic heterocycles. The molecule has 0 saturated heterocycles. The maximum absolute atomic E-state index is 12.4. The van der Waals surface area contributed by atoms with Crippen molar-refractivity contribution in [3.63, 3.8) is 0 Å². The Bertz CT molecular complexity index is 580. The van der Waals surface area contributed by atoms with Gasteiger partial charge in [-0.2, -0.15) is 13.2 Å². The molecular weight excluding hydrogens is 344 g/mol. The van der Waals surface area contributed by atoms with Crippen LogP contribution in [0.15, 0.2) is 22.7 Å². The highest BCUT2D eigenvalue weighted by Gasteiger charge is 2.27. The summed E-state index contributed by atoms with van der Waals surface area (Å²) in [6.45, 7) is -0.131. The van der Waals surface area contributed by atoms with Gasteiger partial charge in [0.05, 0.1) is 17.5 Å². The van der Waals surface area contributed by atoms with Gasteiger partial charge in [-0.1, -0.05) is 15.9 Å². The SMILES string of the molecule is FC(F)(F)CCn1c(CCCl)nc2cc(Br)ccc21. The minimum absolute atomic E-state index is 0.131. The summed E-state index contributed by atoms with van der Waals surface area (Å²) in [5.41, 5.74) is 1.38. The molecule has 0 aliphatic rings. The quantitative estimate of drug-likeness (QED) is 0.737. The van der Waals surface area contributed by atoms with Gasteiger partial charge in [0, 0.05) is 23.3 Å². The van der Waals surface area contributed by atoms with E-state index in [0.29, 0.717) is 29.2 Å². The summed E-state index contributed by atoms with van der Waals surface area (Å²) in [6.07, 6.45) is -4.60. The summed E-state index contributed by atoms with van der Waals surface area (Å²) in [5, 5.41) is 0. The van der Waals surface area contributed by atoms with Crippen LogP contribution in [0.2, 0.25) is 0 Å². The molecule has 2 nitrogen and oxygen atoms in total. The number of alkyl halides is 4. The molecule has 1 aromatic carbocycles. The van der Waals surface area contributed by atoms with Crippen molar-refractivity contribution >= 4 is 38.6 Å². The molecule has 1 aromatic heterocycles. The van der Waals surface area contributed by atoms with Gasteiger partial charge < -0.3 is 4.57 Å². The highest BCUT2D eigenvalue weighted by atomic mass is 79.9. The number of hydrogen-bond acceptors (Lipinski definition) is 1. The van der Waals surface area contributed by atoms with E-state index in [1.165, 1.54) is 0 Å². The predicted octanol–water partition coefficient (Wildman–Crippen LogP) is 4.53. The van der Waals surface area contributed by atoms with Crippen molar-refractivity contribution in [3.8, 4) is 0 Å². The van der Waals surface area contributed by atoms with E-state index >= 15 is 0 Å². The zero-order chi connectivity index (χ0) is 14.0. The first-order valence-corrected chi connectivity index (χ1v) is 7.01. The van der Waals surface area contributed by atoms with Crippen LogP contribution < -0.4 is 0 Å². The monoisotopic (exact) mass is 354 g/mol. The van der Waals surface area contributed by atoms with Crippen LogP contribution in [0.3, 0.4) is 0 Å². The Hall–Kier alpha value is -0.750. The van der Waals surface area contributed by atoms with E-state index in [1.807, 2.05) is 0 Å². The molecule has 1 heterocycles. The normalized spacial score (nSPS) is 12.3. The molecule has 0 fully saturated rings. The Labute approximate surface area is 121 Å². The lowest BCUT2D eigenvalue weighted by molar-refractivity contribution is -0.136. The Morgan fingerprint density at radius 1 is 1.32 bits per heavy atom. The standard InChI is InChI=1S/C12H11BrClF3N2/c13-8-1-2-10-9(7-8)18-11(3-5-14)19(10)6-4-12(15,16)17/h1-2,7H,3-6H2. The molecule has 0 saturated carbocycles. The van der Waals surface area contributed by atoms with E-state index < -0.39 is 12.6 Å². The third-order valence-electron chi connectivity index (χ3n) is 2.73. The molecular formula is C12H11BrClF3N2. The average molecular weight is 356 g/mol. The lowest BCUT2D eigenvalue weighted by Gasteiger charge is -2.10. The van der Waals surface area contributed by atoms with Crippen LogP contribution in [-0.2, 0) is 13.0 Å². The molecule has 2 aromatic rings. The molecule has 19 heavy (non-hydrogen) atoms. The van der Waals surface area contributed by atoms with Crippen molar-refractivity contribution in [1.29, 1.82) is 0 Å². The van der Waals surface area contributed by atoms with Gasteiger partial charge in [0.25, 0.3) is 0 Å². The summed E-state index contributed by atoms with van der Waals surface area (Å²) >= 11 is 8.99. The second-order valence-corrected chi connectivity index (χ2v) is 5.41. The number of imidazole rings is 1. The molecule has 0 amide bonds. The summed E-state index contributed by atoms with van der Waals surface area (Å²) in [4.78, 5) is 4.35. The fourth-order valence-electron chi connectivity index (χ4n) is 1.92. The lowest BCUT2D eigenvalue weighted by Crippen LogP contribution is -2.14. The molecule has 0 radical (unpaired) electrons. The Kier molecular flexibility index (Phi) is 4.40. The van der Waals surface area contributed by atoms with Gasteiger partial charge >= 0.3 is 6.18 Å². The van der Waals surface area contributed by atoms with Crippen LogP contribution in [0.4, 0.5) is 13.2 Å². The van der Waals surface area contributed by atoms with Gasteiger partial charge in [0.2, 0.25) is 0 Å². The molecule has 0 atom stereocenters. The summed E-state index contributed by atoms with van der Waals surface area (Å²) in [7, 11) is 0. The van der Waals surface area contributed by atoms with Crippen molar-refractivity contribution < 1.29 is 13.2 Å². The highest BCUT2D eigenvalue weighted by molar-refractivity contribution is 9.10. The Morgan fingerprint density at radius 3 is 2.68 bits per heavy atom. The van der Waals surface area contributed by atoms with Crippen LogP contribution in [0.5, 0.6) is 0 Å². The fraction of sp³-hybridized carbons (Fsp3) is 0.417. The number of nitrogens with zero attached hydrogens (tertiary/aromatic N) is 2. The molecule has 2 rings (SSSR count). The number of aromatic nitrogens is 2. The van der Waals surface area contributed by atoms with Gasteiger partial charge in [0.1, 0.15) is 5.82 Å². The van der Waals surface area contributed by atoms with E-state index in [1.54, 1.807) is 22.8 Å². The second kappa shape index (κ2) is 5.71. The van der Waals surface area contributed by atoms with Crippen molar-refractivity contribution in [2.24, 2.45) is 0 Å². The Morgan fingerprint density at radius 2 is 2.05 bits per heavy atom. The average Bonchev–Trinajstić information content (AvgIpc) is 2.62. The second-order valence-electron chi connectivity index (χ2n) is 4.12. The smallest absolute Gasteiger partial charge is 0.328 e. The van der Waals surface area contributed by atoms with E-state index in [0.717, 1.165) is 4.47 Å². The van der Waals surface area contributed by atoms with Crippen molar-refractivity contribution in [3.05, 3.63) is 28.5 Å². The number of rotatable bonds is 4. The molecule has 0 aliphatic carbocycles. The largest absolute Gasteiger partial charge is 0.390 e. The minimum Gasteiger partial charge on any atom is -0.328 e. The number of fused-ring (bicyclic) bond motifs is 1. The van der Waals surface area contributed by atoms with Crippen LogP contribution in [0.25, 0.3) is 11.0 Å². The van der Waals surface area contributed by atoms with Crippen molar-refractivity contribution in [2.45, 2.75) is 25.6 Å². The molecule has 0 bridgehead atoms. The first-order valence-electron chi connectivity index (χ1n) is 5.68.